The molecule has 1 aromatic heterocycles. The fraction of sp³-hybridized carbons (Fsp3) is 0.458. The second-order valence-corrected chi connectivity index (χ2v) is 10.5. The molecule has 0 spiro atoms. The number of hydrogen-bond donors (Lipinski definition) is 1. The second kappa shape index (κ2) is 11.2. The minimum atomic E-state index is -4.11. The highest BCUT2D eigenvalue weighted by molar-refractivity contribution is 7.89. The molecule has 0 saturated carbocycles. The summed E-state index contributed by atoms with van der Waals surface area (Å²) in [6.45, 7) is -0.0308. The van der Waals surface area contributed by atoms with Gasteiger partial charge in [-0.2, -0.15) is 4.31 Å². The number of piperazine rings is 1. The van der Waals surface area contributed by atoms with Crippen LogP contribution in [-0.2, 0) is 37.1 Å². The Kier molecular flexibility index (Phi) is 8.07. The number of nitrogens with zero attached hydrogens (tertiary/aromatic N) is 3. The Labute approximate surface area is 210 Å². The van der Waals surface area contributed by atoms with Crippen LogP contribution in [0.25, 0.3) is 0 Å². The molecule has 1 saturated heterocycles. The van der Waals surface area contributed by atoms with Crippen molar-refractivity contribution in [3.8, 4) is 11.6 Å². The summed E-state index contributed by atoms with van der Waals surface area (Å²) in [6.07, 6.45) is 4.94. The smallest absolute Gasteiger partial charge is 0.409 e. The van der Waals surface area contributed by atoms with Crippen LogP contribution in [0.15, 0.2) is 41.4 Å². The summed E-state index contributed by atoms with van der Waals surface area (Å²) in [5.41, 5.74) is 8.09. The van der Waals surface area contributed by atoms with Crippen LogP contribution in [0.3, 0.4) is 0 Å². The number of nitrogens with two attached hydrogens (primary N) is 1. The Morgan fingerprint density at radius 2 is 1.86 bits per heavy atom. The van der Waals surface area contributed by atoms with Crippen LogP contribution in [0.1, 0.15) is 24.0 Å². The Bertz CT molecular complexity index is 1200. The van der Waals surface area contributed by atoms with Gasteiger partial charge in [0.25, 0.3) is 0 Å². The molecule has 2 heterocycles. The van der Waals surface area contributed by atoms with E-state index in [9.17, 15) is 18.0 Å². The van der Waals surface area contributed by atoms with Gasteiger partial charge in [0.2, 0.25) is 21.8 Å². The van der Waals surface area contributed by atoms with Gasteiger partial charge in [0, 0.05) is 32.8 Å². The number of carbonyl (C=O) groups excluding carboxylic acids is 2. The Morgan fingerprint density at radius 3 is 2.56 bits per heavy atom. The van der Waals surface area contributed by atoms with Crippen LogP contribution in [0, 0.1) is 0 Å². The zero-order valence-electron chi connectivity index (χ0n) is 20.1. The summed E-state index contributed by atoms with van der Waals surface area (Å²) in [5, 5.41) is 0. The average molecular weight is 519 g/mol. The minimum absolute atomic E-state index is 0.0423. The van der Waals surface area contributed by atoms with Crippen molar-refractivity contribution in [1.82, 2.24) is 14.2 Å². The molecule has 1 fully saturated rings. The van der Waals surface area contributed by atoms with Gasteiger partial charge in [0.1, 0.15) is 23.3 Å². The number of primary amides is 1. The molecule has 12 heteroatoms. The van der Waals surface area contributed by atoms with E-state index >= 15 is 0 Å². The first-order chi connectivity index (χ1) is 17.3. The maximum Gasteiger partial charge on any atom is 0.409 e. The first kappa shape index (κ1) is 25.9. The molecule has 2 aliphatic rings. The van der Waals surface area contributed by atoms with Crippen molar-refractivity contribution in [1.29, 1.82) is 0 Å². The molecule has 1 aliphatic carbocycles. The number of aromatic nitrogens is 1. The van der Waals surface area contributed by atoms with E-state index in [-0.39, 0.29) is 43.6 Å². The van der Waals surface area contributed by atoms with Crippen molar-refractivity contribution in [2.75, 3.05) is 40.0 Å². The number of sulfonamides is 1. The standard InChI is InChI=1S/C24H30N4O7S/c1-33-12-13-34-24(30)27-10-11-28(21(16-27)23(25)29)36(31,32)20-8-9-22(26-15-20)35-19-7-6-17-4-2-3-5-18(17)14-19/h6-9,14-15,21H,2-5,10-13,16H2,1H3,(H2,25,29)/t21-/m1/s1. The lowest BCUT2D eigenvalue weighted by Gasteiger charge is -2.38. The van der Waals surface area contributed by atoms with E-state index in [4.69, 9.17) is 19.9 Å². The number of aryl methyl sites for hydroxylation is 2. The van der Waals surface area contributed by atoms with E-state index in [1.807, 2.05) is 12.1 Å². The SMILES string of the molecule is COCCOC(=O)N1CCN(S(=O)(=O)c2ccc(Oc3ccc4c(c3)CCCC4)nc2)[C@@H](C(N)=O)C1. The summed E-state index contributed by atoms with van der Waals surface area (Å²) in [4.78, 5) is 29.7. The molecular formula is C24H30N4O7S. The Balaban J connectivity index is 1.45. The first-order valence-corrected chi connectivity index (χ1v) is 13.2. The number of amides is 2. The van der Waals surface area contributed by atoms with E-state index < -0.39 is 28.1 Å². The van der Waals surface area contributed by atoms with Gasteiger partial charge in [-0.15, -0.1) is 0 Å². The van der Waals surface area contributed by atoms with E-state index in [0.717, 1.165) is 23.6 Å². The number of benzene rings is 1. The van der Waals surface area contributed by atoms with Crippen molar-refractivity contribution >= 4 is 22.0 Å². The van der Waals surface area contributed by atoms with E-state index in [0.29, 0.717) is 5.75 Å². The zero-order chi connectivity index (χ0) is 25.7. The Hall–Kier alpha value is -3.22. The molecule has 11 nitrogen and oxygen atoms in total. The molecule has 2 aromatic rings. The third-order valence-corrected chi connectivity index (χ3v) is 8.18. The molecule has 2 amide bonds. The van der Waals surface area contributed by atoms with Gasteiger partial charge in [0.05, 0.1) is 12.8 Å². The van der Waals surface area contributed by atoms with Crippen LogP contribution < -0.4 is 10.5 Å². The highest BCUT2D eigenvalue weighted by Crippen LogP contribution is 2.29. The van der Waals surface area contributed by atoms with E-state index in [1.54, 1.807) is 0 Å². The maximum atomic E-state index is 13.3. The van der Waals surface area contributed by atoms with Crippen LogP contribution in [0.4, 0.5) is 4.79 Å². The molecule has 1 atom stereocenters. The number of rotatable bonds is 8. The predicted molar refractivity (Wildman–Crippen MR) is 129 cm³/mol. The van der Waals surface area contributed by atoms with E-state index in [1.165, 1.54) is 47.9 Å². The lowest BCUT2D eigenvalue weighted by atomic mass is 9.92. The fourth-order valence-corrected chi connectivity index (χ4v) is 5.89. The molecule has 0 bridgehead atoms. The third-order valence-electron chi connectivity index (χ3n) is 6.29. The minimum Gasteiger partial charge on any atom is -0.447 e. The van der Waals surface area contributed by atoms with Crippen molar-refractivity contribution in [3.05, 3.63) is 47.7 Å². The molecule has 0 unspecified atom stereocenters. The summed E-state index contributed by atoms with van der Waals surface area (Å²) in [7, 11) is -2.64. The zero-order valence-corrected chi connectivity index (χ0v) is 20.9. The first-order valence-electron chi connectivity index (χ1n) is 11.8. The highest BCUT2D eigenvalue weighted by Gasteiger charge is 2.41. The summed E-state index contributed by atoms with van der Waals surface area (Å²) in [6, 6.07) is 7.53. The highest BCUT2D eigenvalue weighted by atomic mass is 32.2. The van der Waals surface area contributed by atoms with Gasteiger partial charge in [-0.3, -0.25) is 4.79 Å². The average Bonchev–Trinajstić information content (AvgIpc) is 2.88. The maximum absolute atomic E-state index is 13.3. The Morgan fingerprint density at radius 1 is 1.08 bits per heavy atom. The van der Waals surface area contributed by atoms with Crippen LogP contribution in [0.2, 0.25) is 0 Å². The molecule has 0 radical (unpaired) electrons. The summed E-state index contributed by atoms with van der Waals surface area (Å²) >= 11 is 0. The van der Waals surface area contributed by atoms with Gasteiger partial charge in [-0.25, -0.2) is 18.2 Å². The number of fused-ring (bicyclic) bond motifs is 1. The summed E-state index contributed by atoms with van der Waals surface area (Å²) in [5.74, 6) is 0.0223. The van der Waals surface area contributed by atoms with Crippen molar-refractivity contribution in [2.45, 2.75) is 36.6 Å². The lowest BCUT2D eigenvalue weighted by Crippen LogP contribution is -2.60. The second-order valence-electron chi connectivity index (χ2n) is 8.66. The number of pyridine rings is 1. The monoisotopic (exact) mass is 518 g/mol. The quantitative estimate of drug-likeness (QED) is 0.521. The number of hydrogen-bond acceptors (Lipinski definition) is 8. The van der Waals surface area contributed by atoms with Gasteiger partial charge >= 0.3 is 6.09 Å². The third kappa shape index (κ3) is 5.77. The van der Waals surface area contributed by atoms with Gasteiger partial charge in [-0.1, -0.05) is 6.07 Å². The van der Waals surface area contributed by atoms with Gasteiger partial charge < -0.3 is 24.8 Å². The van der Waals surface area contributed by atoms with Gasteiger partial charge in [0.15, 0.2) is 0 Å². The molecule has 1 aromatic carbocycles. The van der Waals surface area contributed by atoms with Crippen LogP contribution >= 0.6 is 0 Å². The van der Waals surface area contributed by atoms with E-state index in [2.05, 4.69) is 11.1 Å². The number of carbonyl (C=O) groups is 2. The van der Waals surface area contributed by atoms with Gasteiger partial charge in [-0.05, 0) is 55.0 Å². The molecule has 2 N–H and O–H groups in total. The molecule has 1 aliphatic heterocycles. The largest absolute Gasteiger partial charge is 0.447 e. The lowest BCUT2D eigenvalue weighted by molar-refractivity contribution is -0.123. The van der Waals surface area contributed by atoms with Crippen molar-refractivity contribution < 1.29 is 32.2 Å². The number of ether oxygens (including phenoxy) is 3. The summed E-state index contributed by atoms with van der Waals surface area (Å²) < 4.78 is 43.4. The molecule has 36 heavy (non-hydrogen) atoms. The van der Waals surface area contributed by atoms with Crippen molar-refractivity contribution in [2.24, 2.45) is 5.73 Å². The number of methoxy groups -OCH3 is 1. The normalized spacial score (nSPS) is 18.4. The van der Waals surface area contributed by atoms with Crippen LogP contribution in [-0.4, -0.2) is 80.6 Å². The molecule has 194 valence electrons. The fourth-order valence-electron chi connectivity index (χ4n) is 4.36. The predicted octanol–water partition coefficient (Wildman–Crippen LogP) is 1.70. The molecule has 4 rings (SSSR count). The van der Waals surface area contributed by atoms with Crippen molar-refractivity contribution in [3.63, 3.8) is 0 Å². The topological polar surface area (TPSA) is 141 Å². The van der Waals surface area contributed by atoms with Crippen LogP contribution in [0.5, 0.6) is 11.6 Å². The molecular weight excluding hydrogens is 488 g/mol.